The second-order valence-corrected chi connectivity index (χ2v) is 6.40. The molecular weight excluding hydrogens is 306 g/mol. The number of ether oxygens (including phenoxy) is 1. The SMILES string of the molecule is Cc1cc(C)n(Cc2cc(C(=O)NCCC3CCCCO3)n[nH]2)n1. The Morgan fingerprint density at radius 2 is 2.29 bits per heavy atom. The molecule has 1 fully saturated rings. The first kappa shape index (κ1) is 16.7. The third kappa shape index (κ3) is 4.23. The molecule has 0 saturated carbocycles. The lowest BCUT2D eigenvalue weighted by Gasteiger charge is -2.22. The minimum atomic E-state index is -0.151. The molecule has 0 aliphatic carbocycles. The van der Waals surface area contributed by atoms with E-state index in [0.717, 1.165) is 43.0 Å². The van der Waals surface area contributed by atoms with Gasteiger partial charge in [-0.05, 0) is 51.7 Å². The smallest absolute Gasteiger partial charge is 0.271 e. The largest absolute Gasteiger partial charge is 0.378 e. The number of aromatic nitrogens is 4. The van der Waals surface area contributed by atoms with Gasteiger partial charge in [0.2, 0.25) is 0 Å². The monoisotopic (exact) mass is 331 g/mol. The van der Waals surface area contributed by atoms with E-state index in [1.807, 2.05) is 24.6 Å². The molecule has 3 heterocycles. The number of hydrogen-bond acceptors (Lipinski definition) is 4. The first-order valence-electron chi connectivity index (χ1n) is 8.57. The maximum Gasteiger partial charge on any atom is 0.271 e. The summed E-state index contributed by atoms with van der Waals surface area (Å²) < 4.78 is 7.56. The third-order valence-electron chi connectivity index (χ3n) is 4.31. The first-order valence-corrected chi connectivity index (χ1v) is 8.57. The van der Waals surface area contributed by atoms with Crippen molar-refractivity contribution in [1.29, 1.82) is 0 Å². The molecule has 1 aliphatic rings. The zero-order valence-corrected chi connectivity index (χ0v) is 14.3. The van der Waals surface area contributed by atoms with Crippen LogP contribution < -0.4 is 5.32 Å². The number of carbonyl (C=O) groups excluding carboxylic acids is 1. The van der Waals surface area contributed by atoms with Crippen LogP contribution in [0.25, 0.3) is 0 Å². The average molecular weight is 331 g/mol. The summed E-state index contributed by atoms with van der Waals surface area (Å²) in [5.41, 5.74) is 3.34. The molecule has 1 amide bonds. The van der Waals surface area contributed by atoms with Crippen molar-refractivity contribution in [3.63, 3.8) is 0 Å². The summed E-state index contributed by atoms with van der Waals surface area (Å²) in [5.74, 6) is -0.151. The second kappa shape index (κ2) is 7.61. The van der Waals surface area contributed by atoms with Gasteiger partial charge in [0.15, 0.2) is 0 Å². The van der Waals surface area contributed by atoms with Gasteiger partial charge in [-0.3, -0.25) is 14.6 Å². The number of H-pyrrole nitrogens is 1. The highest BCUT2D eigenvalue weighted by molar-refractivity contribution is 5.92. The van der Waals surface area contributed by atoms with Gasteiger partial charge in [0.25, 0.3) is 5.91 Å². The number of nitrogens with one attached hydrogen (secondary N) is 2. The van der Waals surface area contributed by atoms with Crippen LogP contribution in [-0.4, -0.2) is 45.1 Å². The van der Waals surface area contributed by atoms with Crippen molar-refractivity contribution >= 4 is 5.91 Å². The van der Waals surface area contributed by atoms with Gasteiger partial charge in [-0.15, -0.1) is 0 Å². The molecule has 7 heteroatoms. The molecule has 0 spiro atoms. The highest BCUT2D eigenvalue weighted by Crippen LogP contribution is 2.15. The summed E-state index contributed by atoms with van der Waals surface area (Å²) in [6, 6.07) is 3.81. The van der Waals surface area contributed by atoms with Crippen LogP contribution in [0, 0.1) is 13.8 Å². The highest BCUT2D eigenvalue weighted by atomic mass is 16.5. The van der Waals surface area contributed by atoms with Gasteiger partial charge in [-0.1, -0.05) is 0 Å². The number of amides is 1. The molecule has 2 aromatic rings. The predicted octanol–water partition coefficient (Wildman–Crippen LogP) is 1.96. The zero-order chi connectivity index (χ0) is 16.9. The van der Waals surface area contributed by atoms with Gasteiger partial charge < -0.3 is 10.1 Å². The Bertz CT molecular complexity index is 685. The van der Waals surface area contributed by atoms with Crippen LogP contribution in [0.1, 0.15) is 53.3 Å². The molecule has 1 atom stereocenters. The molecule has 7 nitrogen and oxygen atoms in total. The lowest BCUT2D eigenvalue weighted by Crippen LogP contribution is -2.29. The number of nitrogens with zero attached hydrogens (tertiary/aromatic N) is 3. The van der Waals surface area contributed by atoms with E-state index in [1.54, 1.807) is 6.07 Å². The summed E-state index contributed by atoms with van der Waals surface area (Å²) in [6.45, 7) is 6.01. The number of rotatable bonds is 6. The van der Waals surface area contributed by atoms with Crippen LogP contribution in [0.5, 0.6) is 0 Å². The van der Waals surface area contributed by atoms with Gasteiger partial charge in [0, 0.05) is 18.8 Å². The molecule has 24 heavy (non-hydrogen) atoms. The highest BCUT2D eigenvalue weighted by Gasteiger charge is 2.15. The number of aromatic amines is 1. The molecule has 3 rings (SSSR count). The molecule has 2 aromatic heterocycles. The van der Waals surface area contributed by atoms with E-state index in [1.165, 1.54) is 6.42 Å². The van der Waals surface area contributed by atoms with Gasteiger partial charge in [-0.25, -0.2) is 0 Å². The van der Waals surface area contributed by atoms with Crippen LogP contribution >= 0.6 is 0 Å². The Kier molecular flexibility index (Phi) is 5.30. The predicted molar refractivity (Wildman–Crippen MR) is 89.9 cm³/mol. The third-order valence-corrected chi connectivity index (χ3v) is 4.31. The Morgan fingerprint density at radius 3 is 3.00 bits per heavy atom. The Balaban J connectivity index is 1.49. The van der Waals surface area contributed by atoms with Crippen molar-refractivity contribution < 1.29 is 9.53 Å². The fourth-order valence-electron chi connectivity index (χ4n) is 3.03. The Morgan fingerprint density at radius 1 is 1.42 bits per heavy atom. The molecule has 0 radical (unpaired) electrons. The molecule has 1 unspecified atom stereocenters. The molecule has 1 saturated heterocycles. The van der Waals surface area contributed by atoms with Crippen LogP contribution in [0.4, 0.5) is 0 Å². The normalized spacial score (nSPS) is 17.8. The van der Waals surface area contributed by atoms with Crippen molar-refractivity contribution in [1.82, 2.24) is 25.3 Å². The lowest BCUT2D eigenvalue weighted by atomic mass is 10.1. The van der Waals surface area contributed by atoms with E-state index in [9.17, 15) is 4.79 Å². The summed E-state index contributed by atoms with van der Waals surface area (Å²) in [6.07, 6.45) is 4.58. The average Bonchev–Trinajstić information content (AvgIpc) is 3.15. The molecular formula is C17H25N5O2. The second-order valence-electron chi connectivity index (χ2n) is 6.40. The van der Waals surface area contributed by atoms with Crippen LogP contribution in [-0.2, 0) is 11.3 Å². The van der Waals surface area contributed by atoms with E-state index >= 15 is 0 Å². The van der Waals surface area contributed by atoms with Crippen LogP contribution in [0.3, 0.4) is 0 Å². The molecule has 0 bridgehead atoms. The van der Waals surface area contributed by atoms with E-state index < -0.39 is 0 Å². The van der Waals surface area contributed by atoms with E-state index in [0.29, 0.717) is 18.8 Å². The summed E-state index contributed by atoms with van der Waals surface area (Å²) in [5, 5.41) is 14.4. The van der Waals surface area contributed by atoms with Gasteiger partial charge >= 0.3 is 0 Å². The standard InChI is InChI=1S/C17H25N5O2/c1-12-9-13(2)22(21-12)11-14-10-16(20-19-14)17(23)18-7-6-15-5-3-4-8-24-15/h9-10,15H,3-8,11H2,1-2H3,(H,18,23)(H,19,20). The van der Waals surface area contributed by atoms with E-state index in [4.69, 9.17) is 4.74 Å². The van der Waals surface area contributed by atoms with Gasteiger partial charge in [-0.2, -0.15) is 10.2 Å². The van der Waals surface area contributed by atoms with Crippen molar-refractivity contribution in [3.05, 3.63) is 34.9 Å². The van der Waals surface area contributed by atoms with Crippen LogP contribution in [0.15, 0.2) is 12.1 Å². The van der Waals surface area contributed by atoms with Crippen molar-refractivity contribution in [3.8, 4) is 0 Å². The van der Waals surface area contributed by atoms with Gasteiger partial charge in [0.1, 0.15) is 5.69 Å². The van der Waals surface area contributed by atoms with Crippen molar-refractivity contribution in [2.45, 2.75) is 52.2 Å². The number of hydrogen-bond donors (Lipinski definition) is 2. The number of aryl methyl sites for hydroxylation is 2. The Labute approximate surface area is 141 Å². The maximum absolute atomic E-state index is 12.2. The maximum atomic E-state index is 12.2. The molecule has 0 aromatic carbocycles. The quantitative estimate of drug-likeness (QED) is 0.847. The number of carbonyl (C=O) groups is 1. The van der Waals surface area contributed by atoms with Crippen molar-refractivity contribution in [2.75, 3.05) is 13.2 Å². The Hall–Kier alpha value is -2.15. The van der Waals surface area contributed by atoms with Gasteiger partial charge in [0.05, 0.1) is 24.0 Å². The summed E-state index contributed by atoms with van der Waals surface area (Å²) >= 11 is 0. The minimum Gasteiger partial charge on any atom is -0.378 e. The van der Waals surface area contributed by atoms with Crippen LogP contribution in [0.2, 0.25) is 0 Å². The minimum absolute atomic E-state index is 0.151. The molecule has 130 valence electrons. The zero-order valence-electron chi connectivity index (χ0n) is 14.3. The van der Waals surface area contributed by atoms with E-state index in [-0.39, 0.29) is 12.0 Å². The molecule has 2 N–H and O–H groups in total. The molecule has 1 aliphatic heterocycles. The fourth-order valence-corrected chi connectivity index (χ4v) is 3.03. The van der Waals surface area contributed by atoms with Crippen molar-refractivity contribution in [2.24, 2.45) is 0 Å². The summed E-state index contributed by atoms with van der Waals surface area (Å²) in [7, 11) is 0. The first-order chi connectivity index (χ1) is 11.6. The topological polar surface area (TPSA) is 84.8 Å². The van der Waals surface area contributed by atoms with E-state index in [2.05, 4.69) is 20.6 Å². The lowest BCUT2D eigenvalue weighted by molar-refractivity contribution is 0.0117. The summed E-state index contributed by atoms with van der Waals surface area (Å²) in [4.78, 5) is 12.2. The fraction of sp³-hybridized carbons (Fsp3) is 0.588.